The van der Waals surface area contributed by atoms with Crippen LogP contribution in [0.1, 0.15) is 34.8 Å². The average molecular weight is 433 g/mol. The molecular weight excluding hydrogens is 408 g/mol. The third-order valence-electron chi connectivity index (χ3n) is 6.43. The Bertz CT molecular complexity index is 947. The Kier molecular flexibility index (Phi) is 5.25. The summed E-state index contributed by atoms with van der Waals surface area (Å²) in [4.78, 5) is 0. The van der Waals surface area contributed by atoms with Crippen LogP contribution in [0.15, 0.2) is 36.4 Å². The van der Waals surface area contributed by atoms with Gasteiger partial charge < -0.3 is 29.9 Å². The summed E-state index contributed by atoms with van der Waals surface area (Å²) in [5.74, 6) is 1.62. The zero-order valence-electron chi connectivity index (χ0n) is 16.3. The van der Waals surface area contributed by atoms with Crippen LogP contribution in [0.2, 0.25) is 5.02 Å². The van der Waals surface area contributed by atoms with E-state index in [1.807, 2.05) is 18.2 Å². The Morgan fingerprint density at radius 2 is 1.83 bits per heavy atom. The van der Waals surface area contributed by atoms with Crippen LogP contribution in [0.4, 0.5) is 0 Å². The number of benzene rings is 2. The van der Waals surface area contributed by atoms with Gasteiger partial charge in [-0.3, -0.25) is 0 Å². The van der Waals surface area contributed by atoms with E-state index in [1.165, 1.54) is 5.56 Å². The average Bonchev–Trinajstić information content (AvgIpc) is 3.50. The van der Waals surface area contributed by atoms with Crippen molar-refractivity contribution in [2.75, 3.05) is 6.61 Å². The molecule has 2 aliphatic heterocycles. The zero-order chi connectivity index (χ0) is 21.0. The van der Waals surface area contributed by atoms with E-state index >= 15 is 0 Å². The molecule has 2 unspecified atom stereocenters. The zero-order valence-corrected chi connectivity index (χ0v) is 17.1. The lowest BCUT2D eigenvalue weighted by molar-refractivity contribution is -0.231. The summed E-state index contributed by atoms with van der Waals surface area (Å²) in [6.07, 6.45) is -2.74. The van der Waals surface area contributed by atoms with Crippen molar-refractivity contribution in [3.8, 4) is 5.75 Å². The fraction of sp³-hybridized carbons (Fsp3) is 0.478. The summed E-state index contributed by atoms with van der Waals surface area (Å²) >= 11 is 6.45. The summed E-state index contributed by atoms with van der Waals surface area (Å²) in [5.41, 5.74) is 3.84. The van der Waals surface area contributed by atoms with Crippen LogP contribution < -0.4 is 4.74 Å². The molecule has 5 rings (SSSR count). The number of aliphatic hydroxyl groups excluding tert-OH is 4. The normalized spacial score (nSPS) is 34.6. The van der Waals surface area contributed by atoms with Crippen molar-refractivity contribution in [1.82, 2.24) is 0 Å². The second-order valence-electron chi connectivity index (χ2n) is 8.58. The first-order valence-corrected chi connectivity index (χ1v) is 10.7. The molecule has 2 fully saturated rings. The van der Waals surface area contributed by atoms with E-state index < -0.39 is 37.1 Å². The van der Waals surface area contributed by atoms with Crippen LogP contribution in [0.25, 0.3) is 0 Å². The molecule has 0 amide bonds. The Morgan fingerprint density at radius 1 is 1.00 bits per heavy atom. The summed E-state index contributed by atoms with van der Waals surface area (Å²) in [7, 11) is 0. The van der Waals surface area contributed by atoms with E-state index in [0.717, 1.165) is 29.7 Å². The lowest BCUT2D eigenvalue weighted by Crippen LogP contribution is -2.55. The predicted octanol–water partition coefficient (Wildman–Crippen LogP) is 1.77. The largest absolute Gasteiger partial charge is 0.490 e. The van der Waals surface area contributed by atoms with Crippen molar-refractivity contribution in [3.05, 3.63) is 63.7 Å². The first kappa shape index (κ1) is 20.2. The Hall–Kier alpha value is -1.67. The standard InChI is InChI=1S/C23H25ClO6/c24-16-3-2-12(23-22(28)21(27)20(26)19(10-25)30-23)7-13(16)5-11-1-4-17-14(6-11)8-15-9-18(15)29-17/h1-4,6-7,15,18-23,25-28H,5,8-10H2/t15?,18?,19-,20-,21+,22-,23+/m1/s1. The molecule has 1 aliphatic carbocycles. The number of fused-ring (bicyclic) bond motifs is 2. The quantitative estimate of drug-likeness (QED) is 0.587. The van der Waals surface area contributed by atoms with E-state index in [1.54, 1.807) is 12.1 Å². The maximum absolute atomic E-state index is 10.4. The molecule has 0 spiro atoms. The highest BCUT2D eigenvalue weighted by Gasteiger charge is 2.44. The minimum atomic E-state index is -1.41. The first-order valence-electron chi connectivity index (χ1n) is 10.3. The first-order chi connectivity index (χ1) is 14.4. The number of hydrogen-bond donors (Lipinski definition) is 4. The SMILES string of the molecule is OC[C@H]1O[C@@H](c2ccc(Cl)c(Cc3ccc4c(c3)CC3CC3O4)c2)[C@H](O)[C@@H](O)[C@@H]1O. The van der Waals surface area contributed by atoms with Crippen LogP contribution in [0.3, 0.4) is 0 Å². The highest BCUT2D eigenvalue weighted by atomic mass is 35.5. The van der Waals surface area contributed by atoms with Crippen LogP contribution in [-0.4, -0.2) is 57.6 Å². The molecule has 160 valence electrons. The van der Waals surface area contributed by atoms with Gasteiger partial charge in [0.2, 0.25) is 0 Å². The van der Waals surface area contributed by atoms with E-state index in [0.29, 0.717) is 29.0 Å². The third-order valence-corrected chi connectivity index (χ3v) is 6.80. The second kappa shape index (κ2) is 7.79. The van der Waals surface area contributed by atoms with Crippen molar-refractivity contribution in [1.29, 1.82) is 0 Å². The van der Waals surface area contributed by atoms with Crippen LogP contribution in [0.5, 0.6) is 5.75 Å². The lowest BCUT2D eigenvalue weighted by Gasteiger charge is -2.40. The van der Waals surface area contributed by atoms with Crippen LogP contribution in [0, 0.1) is 5.92 Å². The summed E-state index contributed by atoms with van der Waals surface area (Å²) < 4.78 is 11.6. The summed E-state index contributed by atoms with van der Waals surface area (Å²) in [5, 5.41) is 40.6. The molecule has 2 aromatic carbocycles. The molecule has 30 heavy (non-hydrogen) atoms. The second-order valence-corrected chi connectivity index (χ2v) is 8.98. The molecular formula is C23H25ClO6. The van der Waals surface area contributed by atoms with Gasteiger partial charge in [0, 0.05) is 10.9 Å². The molecule has 0 radical (unpaired) electrons. The molecule has 3 aliphatic rings. The molecule has 1 saturated carbocycles. The molecule has 0 aromatic heterocycles. The summed E-state index contributed by atoms with van der Waals surface area (Å²) in [6, 6.07) is 11.5. The molecule has 2 heterocycles. The minimum Gasteiger partial charge on any atom is -0.490 e. The fourth-order valence-corrected chi connectivity index (χ4v) is 4.73. The van der Waals surface area contributed by atoms with Gasteiger partial charge in [-0.1, -0.05) is 35.9 Å². The van der Waals surface area contributed by atoms with Gasteiger partial charge in [-0.15, -0.1) is 0 Å². The highest BCUT2D eigenvalue weighted by Crippen LogP contribution is 2.44. The Morgan fingerprint density at radius 3 is 2.63 bits per heavy atom. The van der Waals surface area contributed by atoms with Gasteiger partial charge in [-0.2, -0.15) is 0 Å². The molecule has 1 saturated heterocycles. The highest BCUT2D eigenvalue weighted by molar-refractivity contribution is 6.31. The Labute approximate surface area is 179 Å². The summed E-state index contributed by atoms with van der Waals surface area (Å²) in [6.45, 7) is -0.457. The van der Waals surface area contributed by atoms with Gasteiger partial charge in [0.05, 0.1) is 6.61 Å². The molecule has 2 aromatic rings. The van der Waals surface area contributed by atoms with E-state index in [-0.39, 0.29) is 0 Å². The molecule has 0 bridgehead atoms. The van der Waals surface area contributed by atoms with Gasteiger partial charge in [-0.25, -0.2) is 0 Å². The molecule has 7 heteroatoms. The predicted molar refractivity (Wildman–Crippen MR) is 110 cm³/mol. The van der Waals surface area contributed by atoms with Gasteiger partial charge >= 0.3 is 0 Å². The number of hydrogen-bond acceptors (Lipinski definition) is 6. The molecule has 7 atom stereocenters. The molecule has 6 nitrogen and oxygen atoms in total. The fourth-order valence-electron chi connectivity index (χ4n) is 4.55. The monoisotopic (exact) mass is 432 g/mol. The van der Waals surface area contributed by atoms with E-state index in [4.69, 9.17) is 21.1 Å². The van der Waals surface area contributed by atoms with Crippen LogP contribution in [-0.2, 0) is 17.6 Å². The number of ether oxygens (including phenoxy) is 2. The maximum atomic E-state index is 10.4. The maximum Gasteiger partial charge on any atom is 0.122 e. The lowest BCUT2D eigenvalue weighted by atomic mass is 9.90. The van der Waals surface area contributed by atoms with E-state index in [2.05, 4.69) is 6.07 Å². The van der Waals surface area contributed by atoms with Gasteiger partial charge in [0.15, 0.2) is 0 Å². The van der Waals surface area contributed by atoms with Crippen molar-refractivity contribution >= 4 is 11.6 Å². The number of rotatable bonds is 4. The topological polar surface area (TPSA) is 99.4 Å². The van der Waals surface area contributed by atoms with Crippen molar-refractivity contribution < 1.29 is 29.9 Å². The minimum absolute atomic E-state index is 0.396. The third kappa shape index (κ3) is 3.62. The van der Waals surface area contributed by atoms with Crippen molar-refractivity contribution in [2.24, 2.45) is 5.92 Å². The van der Waals surface area contributed by atoms with Crippen LogP contribution >= 0.6 is 11.6 Å². The molecule has 4 N–H and O–H groups in total. The number of halogens is 1. The van der Waals surface area contributed by atoms with Crippen molar-refractivity contribution in [3.63, 3.8) is 0 Å². The van der Waals surface area contributed by atoms with Crippen molar-refractivity contribution in [2.45, 2.75) is 55.9 Å². The van der Waals surface area contributed by atoms with E-state index in [9.17, 15) is 20.4 Å². The van der Waals surface area contributed by atoms with Gasteiger partial charge in [0.25, 0.3) is 0 Å². The Balaban J connectivity index is 1.39. The van der Waals surface area contributed by atoms with Gasteiger partial charge in [-0.05, 0) is 53.6 Å². The van der Waals surface area contributed by atoms with Gasteiger partial charge in [0.1, 0.15) is 42.4 Å². The smallest absolute Gasteiger partial charge is 0.122 e. The number of aliphatic hydroxyl groups is 4.